The second-order valence-electron chi connectivity index (χ2n) is 6.47. The van der Waals surface area contributed by atoms with Crippen LogP contribution < -0.4 is 10.7 Å². The van der Waals surface area contributed by atoms with Crippen LogP contribution in [0.3, 0.4) is 0 Å². The number of carbonyl (C=O) groups excluding carboxylic acids is 1. The van der Waals surface area contributed by atoms with E-state index in [4.69, 9.17) is 0 Å². The summed E-state index contributed by atoms with van der Waals surface area (Å²) in [5.74, 6) is -1.28. The van der Waals surface area contributed by atoms with Gasteiger partial charge >= 0.3 is 0 Å². The van der Waals surface area contributed by atoms with E-state index in [2.05, 4.69) is 4.98 Å². The van der Waals surface area contributed by atoms with Crippen LogP contribution in [0.4, 0.5) is 0 Å². The molecule has 0 amide bonds. The normalized spacial score (nSPS) is 12.2. The summed E-state index contributed by atoms with van der Waals surface area (Å²) in [6.07, 6.45) is 1.55. The Balaban J connectivity index is 1.81. The van der Waals surface area contributed by atoms with Crippen molar-refractivity contribution in [3.05, 3.63) is 76.7 Å². The molecule has 0 radical (unpaired) electrons. The van der Waals surface area contributed by atoms with Gasteiger partial charge in [-0.3, -0.25) is 9.36 Å². The highest BCUT2D eigenvalue weighted by Crippen LogP contribution is 2.32. The lowest BCUT2D eigenvalue weighted by Crippen LogP contribution is -2.37. The van der Waals surface area contributed by atoms with E-state index in [9.17, 15) is 14.7 Å². The first kappa shape index (κ1) is 18.1. The average molecular weight is 389 g/mol. The number of fused-ring (bicyclic) bond motifs is 1. The van der Waals surface area contributed by atoms with E-state index >= 15 is 0 Å². The van der Waals surface area contributed by atoms with E-state index < -0.39 is 12.0 Å². The van der Waals surface area contributed by atoms with Crippen LogP contribution in [-0.2, 0) is 4.79 Å². The van der Waals surface area contributed by atoms with Crippen LogP contribution in [0.2, 0.25) is 0 Å². The highest BCUT2D eigenvalue weighted by molar-refractivity contribution is 7.17. The topological polar surface area (TPSA) is 75.0 Å². The Morgan fingerprint density at radius 2 is 1.71 bits per heavy atom. The Hall–Kier alpha value is -3.25. The minimum atomic E-state index is -1.28. The first-order chi connectivity index (χ1) is 13.6. The highest BCUT2D eigenvalue weighted by atomic mass is 32.1. The van der Waals surface area contributed by atoms with Gasteiger partial charge in [0.15, 0.2) is 0 Å². The van der Waals surface area contributed by atoms with Crippen molar-refractivity contribution in [2.45, 2.75) is 19.4 Å². The molecule has 0 saturated heterocycles. The minimum Gasteiger partial charge on any atom is -0.548 e. The summed E-state index contributed by atoms with van der Waals surface area (Å²) in [6, 6.07) is 17.0. The first-order valence-corrected chi connectivity index (χ1v) is 9.83. The third kappa shape index (κ3) is 3.12. The second-order valence-corrected chi connectivity index (χ2v) is 7.33. The van der Waals surface area contributed by atoms with Gasteiger partial charge in [0, 0.05) is 10.9 Å². The number of carbonyl (C=O) groups is 1. The zero-order valence-electron chi connectivity index (χ0n) is 15.2. The van der Waals surface area contributed by atoms with Gasteiger partial charge in [0.1, 0.15) is 4.83 Å². The van der Waals surface area contributed by atoms with Crippen molar-refractivity contribution < 1.29 is 9.90 Å². The van der Waals surface area contributed by atoms with Gasteiger partial charge in [-0.1, -0.05) is 61.5 Å². The molecule has 2 aromatic carbocycles. The summed E-state index contributed by atoms with van der Waals surface area (Å²) >= 11 is 1.37. The molecule has 0 N–H and O–H groups in total. The van der Waals surface area contributed by atoms with Gasteiger partial charge in [0.25, 0.3) is 5.56 Å². The van der Waals surface area contributed by atoms with E-state index in [1.165, 1.54) is 17.7 Å². The zero-order chi connectivity index (χ0) is 19.7. The van der Waals surface area contributed by atoms with Crippen LogP contribution >= 0.6 is 11.3 Å². The van der Waals surface area contributed by atoms with Crippen molar-refractivity contribution in [2.75, 3.05) is 0 Å². The summed E-state index contributed by atoms with van der Waals surface area (Å²) in [5.41, 5.74) is 3.50. The fourth-order valence-corrected chi connectivity index (χ4v) is 4.24. The number of aromatic nitrogens is 2. The largest absolute Gasteiger partial charge is 0.548 e. The van der Waals surface area contributed by atoms with Gasteiger partial charge in [-0.15, -0.1) is 11.3 Å². The van der Waals surface area contributed by atoms with E-state index in [-0.39, 0.29) is 12.0 Å². The summed E-state index contributed by atoms with van der Waals surface area (Å²) in [5, 5.41) is 13.7. The van der Waals surface area contributed by atoms with Gasteiger partial charge < -0.3 is 9.90 Å². The maximum atomic E-state index is 13.0. The monoisotopic (exact) mass is 389 g/mol. The Labute approximate surface area is 165 Å². The quantitative estimate of drug-likeness (QED) is 0.524. The van der Waals surface area contributed by atoms with Crippen molar-refractivity contribution in [2.24, 2.45) is 0 Å². The molecule has 0 aliphatic rings. The highest BCUT2D eigenvalue weighted by Gasteiger charge is 2.18. The SMILES string of the molecule is CCC(C(=O)[O-])n1cnc2scc(-c3ccc(-c4ccccc4)cc3)c2c1=O. The number of hydrogen-bond donors (Lipinski definition) is 0. The van der Waals surface area contributed by atoms with Crippen LogP contribution in [0.1, 0.15) is 19.4 Å². The second kappa shape index (κ2) is 7.40. The molecule has 140 valence electrons. The van der Waals surface area contributed by atoms with Crippen molar-refractivity contribution in [3.8, 4) is 22.3 Å². The molecule has 28 heavy (non-hydrogen) atoms. The van der Waals surface area contributed by atoms with Crippen LogP contribution in [0.25, 0.3) is 32.5 Å². The van der Waals surface area contributed by atoms with E-state index in [0.717, 1.165) is 26.8 Å². The fraction of sp³-hybridized carbons (Fsp3) is 0.136. The molecule has 6 heteroatoms. The van der Waals surface area contributed by atoms with Gasteiger partial charge in [-0.2, -0.15) is 0 Å². The summed E-state index contributed by atoms with van der Waals surface area (Å²) in [7, 11) is 0. The molecule has 1 atom stereocenters. The lowest BCUT2D eigenvalue weighted by Gasteiger charge is -2.18. The predicted molar refractivity (Wildman–Crippen MR) is 109 cm³/mol. The van der Waals surface area contributed by atoms with E-state index in [1.54, 1.807) is 6.92 Å². The maximum Gasteiger partial charge on any atom is 0.263 e. The fourth-order valence-electron chi connectivity index (χ4n) is 3.33. The number of rotatable bonds is 5. The molecule has 2 heterocycles. The molecule has 5 nitrogen and oxygen atoms in total. The lowest BCUT2D eigenvalue weighted by atomic mass is 10.0. The number of carboxylic acids is 1. The molecule has 0 aliphatic heterocycles. The number of hydrogen-bond acceptors (Lipinski definition) is 5. The van der Waals surface area contributed by atoms with Crippen molar-refractivity contribution >= 4 is 27.5 Å². The summed E-state index contributed by atoms with van der Waals surface area (Å²) in [6.45, 7) is 1.70. The number of aliphatic carboxylic acids is 1. The van der Waals surface area contributed by atoms with E-state index in [1.807, 2.05) is 60.0 Å². The van der Waals surface area contributed by atoms with Crippen LogP contribution in [0.5, 0.6) is 0 Å². The third-order valence-electron chi connectivity index (χ3n) is 4.82. The Kier molecular flexibility index (Phi) is 4.79. The number of benzene rings is 2. The minimum absolute atomic E-state index is 0.251. The van der Waals surface area contributed by atoms with Gasteiger partial charge in [-0.25, -0.2) is 4.98 Å². The van der Waals surface area contributed by atoms with Crippen molar-refractivity contribution in [1.29, 1.82) is 0 Å². The predicted octanol–water partition coefficient (Wildman–Crippen LogP) is 3.49. The standard InChI is InChI=1S/C22H18N2O3S/c1-2-18(22(26)27)24-13-23-20-19(21(24)25)17(12-28-20)16-10-8-15(9-11-16)14-6-4-3-5-7-14/h3-13,18H,2H2,1H3,(H,26,27)/p-1. The average Bonchev–Trinajstić information content (AvgIpc) is 3.16. The van der Waals surface area contributed by atoms with Gasteiger partial charge in [0.2, 0.25) is 0 Å². The molecule has 0 spiro atoms. The van der Waals surface area contributed by atoms with Crippen LogP contribution in [0.15, 0.2) is 71.1 Å². The molecular formula is C22H17N2O3S-. The number of nitrogens with zero attached hydrogens (tertiary/aromatic N) is 2. The molecule has 0 fully saturated rings. The molecule has 2 aromatic heterocycles. The lowest BCUT2D eigenvalue weighted by molar-refractivity contribution is -0.310. The number of thiophene rings is 1. The summed E-state index contributed by atoms with van der Waals surface area (Å²) in [4.78, 5) is 29.3. The van der Waals surface area contributed by atoms with Gasteiger partial charge in [0.05, 0.1) is 23.7 Å². The first-order valence-electron chi connectivity index (χ1n) is 8.95. The molecule has 1 unspecified atom stereocenters. The van der Waals surface area contributed by atoms with Gasteiger partial charge in [-0.05, 0) is 23.1 Å². The number of carboxylic acid groups (broad SMARTS) is 1. The Bertz CT molecular complexity index is 1190. The molecule has 0 saturated carbocycles. The third-order valence-corrected chi connectivity index (χ3v) is 5.70. The molecular weight excluding hydrogens is 372 g/mol. The molecule has 0 aliphatic carbocycles. The van der Waals surface area contributed by atoms with Crippen molar-refractivity contribution in [1.82, 2.24) is 9.55 Å². The molecule has 4 rings (SSSR count). The molecule has 4 aromatic rings. The Morgan fingerprint density at radius 3 is 2.36 bits per heavy atom. The maximum absolute atomic E-state index is 13.0. The molecule has 0 bridgehead atoms. The summed E-state index contributed by atoms with van der Waals surface area (Å²) < 4.78 is 1.16. The van der Waals surface area contributed by atoms with Crippen molar-refractivity contribution in [3.63, 3.8) is 0 Å². The van der Waals surface area contributed by atoms with Crippen LogP contribution in [-0.4, -0.2) is 15.5 Å². The zero-order valence-corrected chi connectivity index (χ0v) is 16.0. The van der Waals surface area contributed by atoms with Crippen LogP contribution in [0, 0.1) is 0 Å². The Morgan fingerprint density at radius 1 is 1.07 bits per heavy atom. The van der Waals surface area contributed by atoms with E-state index in [0.29, 0.717) is 10.2 Å². The smallest absolute Gasteiger partial charge is 0.263 e.